The highest BCUT2D eigenvalue weighted by Crippen LogP contribution is 2.50. The fourth-order valence-electron chi connectivity index (χ4n) is 5.35. The number of hydrogen-bond donors (Lipinski definition) is 3. The van der Waals surface area contributed by atoms with Crippen LogP contribution in [0.5, 0.6) is 0 Å². The van der Waals surface area contributed by atoms with E-state index in [0.29, 0.717) is 11.6 Å². The van der Waals surface area contributed by atoms with Crippen molar-refractivity contribution < 1.29 is 9.84 Å². The standard InChI is InChI=1S/C26H32N6O2.C2H6/c1-25(2,33)34-21-13-18(32-11-9-19-23(28)29-15-30-24(19)32)14-26(21,3)10-8-16-4-5-17-6-7-22(27)31-20(17)12-16;1-2/h4-7,9,11-12,15,18,21,33H,8,10,13-14H2,1-3H3,(H2,27,31)(H2,28,29,30);1-2H3/t18?,21-,26-;/m0./s1. The van der Waals surface area contributed by atoms with E-state index in [1.54, 1.807) is 13.8 Å². The number of fused-ring (bicyclic) bond motifs is 2. The molecule has 0 bridgehead atoms. The number of aliphatic hydroxyl groups is 1. The molecule has 8 nitrogen and oxygen atoms in total. The van der Waals surface area contributed by atoms with Crippen LogP contribution in [0.25, 0.3) is 21.9 Å². The number of nitrogen functional groups attached to an aromatic ring is 2. The van der Waals surface area contributed by atoms with Crippen LogP contribution in [0.4, 0.5) is 11.6 Å². The van der Waals surface area contributed by atoms with E-state index < -0.39 is 5.79 Å². The highest BCUT2D eigenvalue weighted by molar-refractivity contribution is 5.86. The average molecular weight is 491 g/mol. The summed E-state index contributed by atoms with van der Waals surface area (Å²) in [7, 11) is 0. The zero-order valence-electron chi connectivity index (χ0n) is 21.9. The Bertz CT molecular complexity index is 1350. The number of nitrogens with two attached hydrogens (primary N) is 2. The molecule has 1 saturated carbocycles. The number of ether oxygens (including phenoxy) is 1. The van der Waals surface area contributed by atoms with Crippen molar-refractivity contribution in [3.8, 4) is 0 Å². The second-order valence-corrected chi connectivity index (χ2v) is 10.3. The Morgan fingerprint density at radius 2 is 1.89 bits per heavy atom. The van der Waals surface area contributed by atoms with Gasteiger partial charge < -0.3 is 25.9 Å². The number of nitrogens with zero attached hydrogens (tertiary/aromatic N) is 4. The van der Waals surface area contributed by atoms with Crippen LogP contribution in [-0.4, -0.2) is 36.5 Å². The second kappa shape index (κ2) is 10.0. The van der Waals surface area contributed by atoms with Crippen LogP contribution in [0, 0.1) is 5.41 Å². The number of rotatable bonds is 6. The molecule has 3 heterocycles. The monoisotopic (exact) mass is 490 g/mol. The maximum atomic E-state index is 10.5. The van der Waals surface area contributed by atoms with Gasteiger partial charge in [0.25, 0.3) is 0 Å². The van der Waals surface area contributed by atoms with Crippen molar-refractivity contribution in [2.45, 2.75) is 78.2 Å². The Labute approximate surface area is 212 Å². The van der Waals surface area contributed by atoms with Crippen molar-refractivity contribution in [2.24, 2.45) is 5.41 Å². The Balaban J connectivity index is 0.00000148. The predicted octanol–water partition coefficient (Wildman–Crippen LogP) is 5.26. The fourth-order valence-corrected chi connectivity index (χ4v) is 5.35. The molecule has 1 aliphatic rings. The van der Waals surface area contributed by atoms with Crippen LogP contribution >= 0.6 is 0 Å². The minimum atomic E-state index is -1.21. The van der Waals surface area contributed by atoms with Gasteiger partial charge in [-0.15, -0.1) is 0 Å². The summed E-state index contributed by atoms with van der Waals surface area (Å²) < 4.78 is 8.39. The topological polar surface area (TPSA) is 125 Å². The highest BCUT2D eigenvalue weighted by atomic mass is 16.6. The zero-order valence-corrected chi connectivity index (χ0v) is 21.9. The summed E-state index contributed by atoms with van der Waals surface area (Å²) >= 11 is 0. The number of aromatic nitrogens is 4. The van der Waals surface area contributed by atoms with Crippen LogP contribution in [0.3, 0.4) is 0 Å². The number of hydrogen-bond acceptors (Lipinski definition) is 7. The van der Waals surface area contributed by atoms with Crippen LogP contribution in [0.15, 0.2) is 48.9 Å². The van der Waals surface area contributed by atoms with E-state index in [1.807, 2.05) is 38.2 Å². The predicted molar refractivity (Wildman–Crippen MR) is 145 cm³/mol. The van der Waals surface area contributed by atoms with Gasteiger partial charge in [-0.2, -0.15) is 0 Å². The van der Waals surface area contributed by atoms with Gasteiger partial charge >= 0.3 is 0 Å². The number of pyridine rings is 1. The summed E-state index contributed by atoms with van der Waals surface area (Å²) in [4.78, 5) is 13.1. The largest absolute Gasteiger partial charge is 0.384 e. The first-order valence-corrected chi connectivity index (χ1v) is 12.7. The highest BCUT2D eigenvalue weighted by Gasteiger charge is 2.47. The maximum Gasteiger partial charge on any atom is 0.160 e. The average Bonchev–Trinajstić information content (AvgIpc) is 3.40. The van der Waals surface area contributed by atoms with Gasteiger partial charge in [-0.05, 0) is 74.8 Å². The third-order valence-corrected chi connectivity index (χ3v) is 7.09. The van der Waals surface area contributed by atoms with E-state index >= 15 is 0 Å². The summed E-state index contributed by atoms with van der Waals surface area (Å²) in [5.74, 6) is -0.201. The van der Waals surface area contributed by atoms with Gasteiger partial charge in [0.15, 0.2) is 5.79 Å². The van der Waals surface area contributed by atoms with E-state index in [2.05, 4.69) is 44.6 Å². The quantitative estimate of drug-likeness (QED) is 0.315. The van der Waals surface area contributed by atoms with Crippen LogP contribution in [0.2, 0.25) is 0 Å². The molecule has 0 amide bonds. The fraction of sp³-hybridized carbons (Fsp3) is 0.464. The lowest BCUT2D eigenvalue weighted by atomic mass is 9.80. The van der Waals surface area contributed by atoms with Crippen molar-refractivity contribution in [3.05, 3.63) is 54.5 Å². The van der Waals surface area contributed by atoms with Gasteiger partial charge in [0, 0.05) is 17.6 Å². The molecule has 0 spiro atoms. The molecule has 0 aliphatic heterocycles. The molecule has 192 valence electrons. The first kappa shape index (κ1) is 25.9. The molecule has 0 saturated heterocycles. The normalized spacial score (nSPS) is 22.1. The van der Waals surface area contributed by atoms with Gasteiger partial charge in [-0.3, -0.25) is 0 Å². The van der Waals surface area contributed by atoms with Gasteiger partial charge in [0.2, 0.25) is 0 Å². The van der Waals surface area contributed by atoms with Gasteiger partial charge in [0.1, 0.15) is 23.6 Å². The lowest BCUT2D eigenvalue weighted by molar-refractivity contribution is -0.224. The van der Waals surface area contributed by atoms with Gasteiger partial charge in [-0.25, -0.2) is 15.0 Å². The van der Waals surface area contributed by atoms with E-state index in [9.17, 15) is 5.11 Å². The summed E-state index contributed by atoms with van der Waals surface area (Å²) in [6.45, 7) is 9.65. The molecule has 3 aromatic heterocycles. The zero-order chi connectivity index (χ0) is 26.1. The molecule has 1 unspecified atom stereocenters. The van der Waals surface area contributed by atoms with Gasteiger partial charge in [-0.1, -0.05) is 32.9 Å². The Hall–Kier alpha value is -3.23. The third kappa shape index (κ3) is 5.29. The number of anilines is 2. The molecule has 36 heavy (non-hydrogen) atoms. The van der Waals surface area contributed by atoms with E-state index in [0.717, 1.165) is 47.6 Å². The third-order valence-electron chi connectivity index (χ3n) is 7.09. The van der Waals surface area contributed by atoms with Crippen LogP contribution in [0.1, 0.15) is 65.5 Å². The molecular weight excluding hydrogens is 452 g/mol. The van der Waals surface area contributed by atoms with Gasteiger partial charge in [0.05, 0.1) is 17.0 Å². The second-order valence-electron chi connectivity index (χ2n) is 10.3. The summed E-state index contributed by atoms with van der Waals surface area (Å²) in [5.41, 5.74) is 14.8. The summed E-state index contributed by atoms with van der Waals surface area (Å²) in [6, 6.07) is 12.3. The molecule has 3 atom stereocenters. The Morgan fingerprint density at radius 1 is 1.14 bits per heavy atom. The molecular formula is C28H38N6O2. The van der Waals surface area contributed by atoms with E-state index in [4.69, 9.17) is 16.2 Å². The van der Waals surface area contributed by atoms with Crippen LogP contribution < -0.4 is 11.5 Å². The summed E-state index contributed by atoms with van der Waals surface area (Å²) in [5, 5.41) is 12.4. The minimum Gasteiger partial charge on any atom is -0.384 e. The molecule has 5 rings (SSSR count). The molecule has 8 heteroatoms. The molecule has 5 N–H and O–H groups in total. The van der Waals surface area contributed by atoms with E-state index in [-0.39, 0.29) is 17.6 Å². The van der Waals surface area contributed by atoms with Crippen molar-refractivity contribution in [3.63, 3.8) is 0 Å². The molecule has 1 aliphatic carbocycles. The molecule has 1 aromatic carbocycles. The van der Waals surface area contributed by atoms with Crippen molar-refractivity contribution in [2.75, 3.05) is 11.5 Å². The SMILES string of the molecule is CC.CC(C)(O)O[C@H]1CC(n2ccc3c(N)ncnc32)C[C@]1(C)CCc1ccc2ccc(N)nc2c1. The Morgan fingerprint density at radius 3 is 2.64 bits per heavy atom. The van der Waals surface area contributed by atoms with E-state index in [1.165, 1.54) is 11.9 Å². The summed E-state index contributed by atoms with van der Waals surface area (Å²) in [6.07, 6.45) is 6.91. The number of aryl methyl sites for hydroxylation is 1. The maximum absolute atomic E-state index is 10.5. The molecule has 4 aromatic rings. The smallest absolute Gasteiger partial charge is 0.160 e. The first-order chi connectivity index (χ1) is 17.1. The van der Waals surface area contributed by atoms with Crippen LogP contribution in [-0.2, 0) is 11.2 Å². The lowest BCUT2D eigenvalue weighted by Crippen LogP contribution is -2.37. The first-order valence-electron chi connectivity index (χ1n) is 12.7. The Kier molecular flexibility index (Phi) is 7.20. The number of benzene rings is 1. The minimum absolute atomic E-state index is 0.108. The van der Waals surface area contributed by atoms with Crippen molar-refractivity contribution in [1.29, 1.82) is 0 Å². The lowest BCUT2D eigenvalue weighted by Gasteiger charge is -2.35. The molecule has 1 fully saturated rings. The molecule has 0 radical (unpaired) electrons. The van der Waals surface area contributed by atoms with Crippen molar-refractivity contribution >= 4 is 33.6 Å². The van der Waals surface area contributed by atoms with Crippen molar-refractivity contribution in [1.82, 2.24) is 19.5 Å².